The number of aromatic nitrogens is 1. The predicted molar refractivity (Wildman–Crippen MR) is 91.8 cm³/mol. The molecule has 0 unspecified atom stereocenters. The van der Waals surface area contributed by atoms with Crippen LogP contribution in [0.3, 0.4) is 0 Å². The van der Waals surface area contributed by atoms with Gasteiger partial charge in [0.05, 0.1) is 22.6 Å². The van der Waals surface area contributed by atoms with Crippen LogP contribution < -0.4 is 8.61 Å². The summed E-state index contributed by atoms with van der Waals surface area (Å²) >= 11 is 0. The van der Waals surface area contributed by atoms with Crippen LogP contribution in [0.4, 0.5) is 11.4 Å². The lowest BCUT2D eigenvalue weighted by Crippen LogP contribution is -2.36. The Labute approximate surface area is 141 Å². The molecule has 1 aliphatic heterocycles. The van der Waals surface area contributed by atoms with Gasteiger partial charge in [-0.2, -0.15) is 13.7 Å². The second kappa shape index (κ2) is 5.21. The van der Waals surface area contributed by atoms with Crippen molar-refractivity contribution in [3.8, 4) is 17.3 Å². The van der Waals surface area contributed by atoms with Crippen molar-refractivity contribution in [3.05, 3.63) is 42.1 Å². The van der Waals surface area contributed by atoms with Gasteiger partial charge in [-0.15, -0.1) is 0 Å². The Bertz CT molecular complexity index is 961. The zero-order chi connectivity index (χ0) is 16.9. The van der Waals surface area contributed by atoms with Gasteiger partial charge in [0.15, 0.2) is 0 Å². The van der Waals surface area contributed by atoms with Gasteiger partial charge in [-0.3, -0.25) is 13.6 Å². The van der Waals surface area contributed by atoms with E-state index in [9.17, 15) is 13.7 Å². The number of anilines is 2. The topological polar surface area (TPSA) is 77.3 Å². The third-order valence-electron chi connectivity index (χ3n) is 4.53. The average Bonchev–Trinajstić information content (AvgIpc) is 3.39. The summed E-state index contributed by atoms with van der Waals surface area (Å²) in [7, 11) is -1.95. The van der Waals surface area contributed by atoms with Gasteiger partial charge >= 0.3 is 10.2 Å². The van der Waals surface area contributed by atoms with Gasteiger partial charge < -0.3 is 0 Å². The molecule has 2 heterocycles. The number of pyridine rings is 1. The molecule has 2 aromatic rings. The summed E-state index contributed by atoms with van der Waals surface area (Å²) in [4.78, 5) is 4.28. The van der Waals surface area contributed by atoms with Crippen LogP contribution in [0.25, 0.3) is 11.3 Å². The molecule has 2 aliphatic rings. The quantitative estimate of drug-likeness (QED) is 0.860. The molecule has 24 heavy (non-hydrogen) atoms. The summed E-state index contributed by atoms with van der Waals surface area (Å²) in [6, 6.07) is 11.0. The van der Waals surface area contributed by atoms with Gasteiger partial charge in [0.1, 0.15) is 6.07 Å². The smallest absolute Gasteiger partial charge is 0.255 e. The van der Waals surface area contributed by atoms with Crippen molar-refractivity contribution >= 4 is 21.6 Å². The standard InChI is InChI=1S/C17H16N4O2S/c1-20-16-9-13(17-14(10-18)3-2-8-19-17)6-7-15(16)21(24(20,22)23)11-12-4-5-12/h2-3,6-9,12H,4-5,11H2,1H3. The van der Waals surface area contributed by atoms with Crippen molar-refractivity contribution in [1.82, 2.24) is 4.98 Å². The lowest BCUT2D eigenvalue weighted by molar-refractivity contribution is 0.590. The zero-order valence-electron chi connectivity index (χ0n) is 13.2. The molecule has 1 aliphatic carbocycles. The van der Waals surface area contributed by atoms with Crippen molar-refractivity contribution in [2.75, 3.05) is 22.2 Å². The Hall–Kier alpha value is -2.59. The molecule has 1 fully saturated rings. The molecule has 4 rings (SSSR count). The van der Waals surface area contributed by atoms with E-state index in [1.807, 2.05) is 12.1 Å². The van der Waals surface area contributed by atoms with E-state index in [0.29, 0.717) is 35.1 Å². The lowest BCUT2D eigenvalue weighted by atomic mass is 10.0. The maximum atomic E-state index is 12.7. The fourth-order valence-electron chi connectivity index (χ4n) is 2.98. The monoisotopic (exact) mass is 340 g/mol. The Morgan fingerprint density at radius 2 is 2.08 bits per heavy atom. The molecular formula is C17H16N4O2S. The summed E-state index contributed by atoms with van der Waals surface area (Å²) in [6.07, 6.45) is 3.80. The van der Waals surface area contributed by atoms with Crippen LogP contribution in [0, 0.1) is 17.2 Å². The zero-order valence-corrected chi connectivity index (χ0v) is 14.0. The molecule has 6 nitrogen and oxygen atoms in total. The van der Waals surface area contributed by atoms with E-state index in [0.717, 1.165) is 18.4 Å². The van der Waals surface area contributed by atoms with Crippen molar-refractivity contribution in [3.63, 3.8) is 0 Å². The molecule has 0 spiro atoms. The van der Waals surface area contributed by atoms with Crippen molar-refractivity contribution < 1.29 is 8.42 Å². The number of hydrogen-bond donors (Lipinski definition) is 0. The van der Waals surface area contributed by atoms with Gasteiger partial charge in [0, 0.05) is 25.4 Å². The fraction of sp³-hybridized carbons (Fsp3) is 0.294. The lowest BCUT2D eigenvalue weighted by Gasteiger charge is -2.18. The van der Waals surface area contributed by atoms with Crippen molar-refractivity contribution in [2.24, 2.45) is 5.92 Å². The highest BCUT2D eigenvalue weighted by atomic mass is 32.2. The number of rotatable bonds is 3. The van der Waals surface area contributed by atoms with Gasteiger partial charge in [-0.25, -0.2) is 0 Å². The molecule has 1 saturated carbocycles. The van der Waals surface area contributed by atoms with Crippen LogP contribution in [-0.2, 0) is 10.2 Å². The third-order valence-corrected chi connectivity index (χ3v) is 6.32. The predicted octanol–water partition coefficient (Wildman–Crippen LogP) is 2.53. The first-order valence-electron chi connectivity index (χ1n) is 7.78. The Morgan fingerprint density at radius 1 is 1.29 bits per heavy atom. The number of nitrogens with zero attached hydrogens (tertiary/aromatic N) is 4. The van der Waals surface area contributed by atoms with E-state index in [1.54, 1.807) is 31.4 Å². The first-order valence-corrected chi connectivity index (χ1v) is 9.18. The Kier molecular flexibility index (Phi) is 3.25. The van der Waals surface area contributed by atoms with Crippen LogP contribution in [0.5, 0.6) is 0 Å². The Balaban J connectivity index is 1.82. The third kappa shape index (κ3) is 2.22. The molecule has 1 aromatic heterocycles. The van der Waals surface area contributed by atoms with Gasteiger partial charge in [-0.1, -0.05) is 6.07 Å². The van der Waals surface area contributed by atoms with Crippen LogP contribution >= 0.6 is 0 Å². The molecule has 0 saturated heterocycles. The highest BCUT2D eigenvalue weighted by Crippen LogP contribution is 2.44. The first kappa shape index (κ1) is 15.0. The molecule has 0 bridgehead atoms. The van der Waals surface area contributed by atoms with E-state index < -0.39 is 10.2 Å². The molecule has 0 atom stereocenters. The van der Waals surface area contributed by atoms with E-state index in [4.69, 9.17) is 0 Å². The first-order chi connectivity index (χ1) is 11.5. The highest BCUT2D eigenvalue weighted by Gasteiger charge is 2.41. The fourth-order valence-corrected chi connectivity index (χ4v) is 4.48. The molecule has 122 valence electrons. The van der Waals surface area contributed by atoms with E-state index in [2.05, 4.69) is 11.1 Å². The molecule has 0 N–H and O–H groups in total. The summed E-state index contributed by atoms with van der Waals surface area (Å²) in [6.45, 7) is 0.534. The van der Waals surface area contributed by atoms with E-state index >= 15 is 0 Å². The highest BCUT2D eigenvalue weighted by molar-refractivity contribution is 7.94. The van der Waals surface area contributed by atoms with Crippen LogP contribution in [-0.4, -0.2) is 27.0 Å². The van der Waals surface area contributed by atoms with Gasteiger partial charge in [0.2, 0.25) is 0 Å². The maximum Gasteiger partial charge on any atom is 0.326 e. The molecule has 1 aromatic carbocycles. The molecule has 0 amide bonds. The number of benzene rings is 1. The van der Waals surface area contributed by atoms with Crippen molar-refractivity contribution in [1.29, 1.82) is 5.26 Å². The van der Waals surface area contributed by atoms with E-state index in [-0.39, 0.29) is 0 Å². The van der Waals surface area contributed by atoms with Crippen LogP contribution in [0.2, 0.25) is 0 Å². The number of fused-ring (bicyclic) bond motifs is 1. The second-order valence-corrected chi connectivity index (χ2v) is 8.05. The minimum absolute atomic E-state index is 0.458. The van der Waals surface area contributed by atoms with Gasteiger partial charge in [0.25, 0.3) is 0 Å². The van der Waals surface area contributed by atoms with Crippen LogP contribution in [0.15, 0.2) is 36.5 Å². The minimum Gasteiger partial charge on any atom is -0.255 e. The second-order valence-electron chi connectivity index (χ2n) is 6.16. The summed E-state index contributed by atoms with van der Waals surface area (Å²) < 4.78 is 28.1. The SMILES string of the molecule is CN1c2cc(-c3ncccc3C#N)ccc2N(CC2CC2)S1(=O)=O. The largest absolute Gasteiger partial charge is 0.326 e. The molecule has 0 radical (unpaired) electrons. The maximum absolute atomic E-state index is 12.7. The van der Waals surface area contributed by atoms with Crippen LogP contribution in [0.1, 0.15) is 18.4 Å². The summed E-state index contributed by atoms with van der Waals surface area (Å²) in [5.74, 6) is 0.458. The number of nitriles is 1. The molecule has 7 heteroatoms. The van der Waals surface area contributed by atoms with Gasteiger partial charge in [-0.05, 0) is 43.0 Å². The minimum atomic E-state index is -3.51. The van der Waals surface area contributed by atoms with E-state index in [1.165, 1.54) is 8.61 Å². The molecular weight excluding hydrogens is 324 g/mol. The summed E-state index contributed by atoms with van der Waals surface area (Å²) in [5.41, 5.74) is 3.09. The van der Waals surface area contributed by atoms with Crippen molar-refractivity contribution in [2.45, 2.75) is 12.8 Å². The summed E-state index contributed by atoms with van der Waals surface area (Å²) in [5, 5.41) is 9.25. The normalized spacial score (nSPS) is 18.3. The average molecular weight is 340 g/mol. The number of hydrogen-bond acceptors (Lipinski definition) is 4. The Morgan fingerprint density at radius 3 is 2.79 bits per heavy atom.